The van der Waals surface area contributed by atoms with E-state index in [0.29, 0.717) is 17.8 Å². The number of rotatable bonds is 5. The lowest BCUT2D eigenvalue weighted by Gasteiger charge is -2.23. The minimum atomic E-state index is 0.275. The second-order valence-electron chi connectivity index (χ2n) is 7.15. The van der Waals surface area contributed by atoms with Crippen molar-refractivity contribution in [3.05, 3.63) is 47.9 Å². The third-order valence-electron chi connectivity index (χ3n) is 5.01. The molecule has 0 amide bonds. The highest BCUT2D eigenvalue weighted by Crippen LogP contribution is 2.27. The number of pyridine rings is 1. The van der Waals surface area contributed by atoms with Gasteiger partial charge in [-0.3, -0.25) is 4.98 Å². The van der Waals surface area contributed by atoms with Gasteiger partial charge in [-0.1, -0.05) is 11.6 Å². The van der Waals surface area contributed by atoms with E-state index in [1.165, 1.54) is 19.3 Å². The molecule has 1 fully saturated rings. The van der Waals surface area contributed by atoms with E-state index in [-0.39, 0.29) is 5.75 Å². The Labute approximate surface area is 158 Å². The van der Waals surface area contributed by atoms with Crippen LogP contribution < -0.4 is 5.32 Å². The first-order valence-electron chi connectivity index (χ1n) is 9.51. The summed E-state index contributed by atoms with van der Waals surface area (Å²) in [6.45, 7) is 2.90. The maximum atomic E-state index is 10.2. The summed E-state index contributed by atoms with van der Waals surface area (Å²) >= 11 is 0. The monoisotopic (exact) mass is 364 g/mol. The van der Waals surface area contributed by atoms with Gasteiger partial charge in [0.1, 0.15) is 5.75 Å². The molecule has 27 heavy (non-hydrogen) atoms. The molecule has 2 aromatic heterocycles. The molecule has 1 aromatic carbocycles. The third kappa shape index (κ3) is 4.34. The average Bonchev–Trinajstić information content (AvgIpc) is 3.13. The van der Waals surface area contributed by atoms with Gasteiger partial charge in [0.15, 0.2) is 5.82 Å². The second-order valence-corrected chi connectivity index (χ2v) is 7.15. The van der Waals surface area contributed by atoms with Gasteiger partial charge < -0.3 is 14.9 Å². The van der Waals surface area contributed by atoms with E-state index in [4.69, 9.17) is 4.52 Å². The van der Waals surface area contributed by atoms with Gasteiger partial charge >= 0.3 is 0 Å². The van der Waals surface area contributed by atoms with Gasteiger partial charge in [-0.05, 0) is 75.0 Å². The molecular weight excluding hydrogens is 340 g/mol. The number of piperidine rings is 1. The highest BCUT2D eigenvalue weighted by atomic mass is 16.5. The van der Waals surface area contributed by atoms with Gasteiger partial charge in [-0.15, -0.1) is 0 Å². The fraction of sp³-hybridized carbons (Fsp3) is 0.381. The quantitative estimate of drug-likeness (QED) is 0.715. The Morgan fingerprint density at radius 1 is 1.19 bits per heavy atom. The molecular formula is C21H24N4O2. The number of hydrogen-bond donors (Lipinski definition) is 2. The zero-order chi connectivity index (χ0) is 18.6. The Hall–Kier alpha value is -2.73. The summed E-state index contributed by atoms with van der Waals surface area (Å²) in [5.74, 6) is 1.33. The maximum absolute atomic E-state index is 10.2. The Balaban J connectivity index is 1.50. The van der Waals surface area contributed by atoms with Crippen LogP contribution in [0.2, 0.25) is 0 Å². The van der Waals surface area contributed by atoms with Crippen molar-refractivity contribution in [2.75, 3.05) is 6.54 Å². The SMILES string of the molecule is Cc1noc(-c2ccc(-c3cc(O)cc(CC[C@@H]4CCCCN4)c3)nc2)n1. The Kier molecular flexibility index (Phi) is 5.16. The van der Waals surface area contributed by atoms with E-state index in [2.05, 4.69) is 26.5 Å². The standard InChI is InChI=1S/C21H24N4O2/c1-14-24-21(27-25-14)16-6-8-20(23-13-16)17-10-15(11-19(26)12-17)5-7-18-4-2-3-9-22-18/h6,8,10-13,18,22,26H,2-5,7,9H2,1H3/t18-/m0/s1. The van der Waals surface area contributed by atoms with Crippen molar-refractivity contribution >= 4 is 0 Å². The van der Waals surface area contributed by atoms with Crippen molar-refractivity contribution in [1.82, 2.24) is 20.4 Å². The second kappa shape index (κ2) is 7.88. The predicted octanol–water partition coefficient (Wildman–Crippen LogP) is 3.89. The molecule has 1 aliphatic rings. The number of nitrogens with one attached hydrogen (secondary N) is 1. The molecule has 1 saturated heterocycles. The van der Waals surface area contributed by atoms with Gasteiger partial charge in [0.05, 0.1) is 11.3 Å². The zero-order valence-corrected chi connectivity index (χ0v) is 15.5. The van der Waals surface area contributed by atoms with Crippen LogP contribution in [0.1, 0.15) is 37.1 Å². The summed E-state index contributed by atoms with van der Waals surface area (Å²) in [6, 6.07) is 10.1. The summed E-state index contributed by atoms with van der Waals surface area (Å²) in [6.07, 6.45) is 7.57. The molecule has 0 saturated carbocycles. The Morgan fingerprint density at radius 2 is 2.11 bits per heavy atom. The number of aromatic hydroxyl groups is 1. The number of aryl methyl sites for hydroxylation is 2. The summed E-state index contributed by atoms with van der Waals surface area (Å²) in [5.41, 5.74) is 3.64. The van der Waals surface area contributed by atoms with Crippen molar-refractivity contribution in [1.29, 1.82) is 0 Å². The fourth-order valence-electron chi connectivity index (χ4n) is 3.58. The zero-order valence-electron chi connectivity index (χ0n) is 15.5. The minimum absolute atomic E-state index is 0.275. The lowest BCUT2D eigenvalue weighted by Crippen LogP contribution is -2.34. The van der Waals surface area contributed by atoms with Crippen LogP contribution in [-0.4, -0.2) is 32.8 Å². The summed E-state index contributed by atoms with van der Waals surface area (Å²) in [5, 5.41) is 17.5. The summed E-state index contributed by atoms with van der Waals surface area (Å²) in [4.78, 5) is 8.73. The van der Waals surface area contributed by atoms with E-state index in [1.807, 2.05) is 18.2 Å². The number of hydrogen-bond acceptors (Lipinski definition) is 6. The van der Waals surface area contributed by atoms with Gasteiger partial charge in [0.25, 0.3) is 5.89 Å². The van der Waals surface area contributed by atoms with Crippen LogP contribution in [0.25, 0.3) is 22.7 Å². The van der Waals surface area contributed by atoms with Gasteiger partial charge in [-0.25, -0.2) is 0 Å². The van der Waals surface area contributed by atoms with E-state index < -0.39 is 0 Å². The first-order valence-corrected chi connectivity index (χ1v) is 9.51. The van der Waals surface area contributed by atoms with Crippen LogP contribution >= 0.6 is 0 Å². The Morgan fingerprint density at radius 3 is 2.81 bits per heavy atom. The van der Waals surface area contributed by atoms with Gasteiger partial charge in [0.2, 0.25) is 0 Å². The smallest absolute Gasteiger partial charge is 0.259 e. The van der Waals surface area contributed by atoms with Gasteiger partial charge in [0, 0.05) is 17.8 Å². The van der Waals surface area contributed by atoms with Crippen molar-refractivity contribution < 1.29 is 9.63 Å². The molecule has 2 N–H and O–H groups in total. The lowest BCUT2D eigenvalue weighted by atomic mass is 9.96. The molecule has 4 rings (SSSR count). The molecule has 6 nitrogen and oxygen atoms in total. The van der Waals surface area contributed by atoms with Crippen LogP contribution in [0.4, 0.5) is 0 Å². The highest BCUT2D eigenvalue weighted by Gasteiger charge is 2.13. The average molecular weight is 364 g/mol. The number of benzene rings is 1. The highest BCUT2D eigenvalue weighted by molar-refractivity contribution is 5.65. The molecule has 3 aromatic rings. The molecule has 6 heteroatoms. The number of aromatic nitrogens is 3. The van der Waals surface area contributed by atoms with E-state index in [1.54, 1.807) is 19.2 Å². The molecule has 1 aliphatic heterocycles. The molecule has 0 unspecified atom stereocenters. The number of nitrogens with zero attached hydrogens (tertiary/aromatic N) is 3. The molecule has 0 aliphatic carbocycles. The number of phenolic OH excluding ortho intramolecular Hbond substituents is 1. The summed E-state index contributed by atoms with van der Waals surface area (Å²) < 4.78 is 5.18. The van der Waals surface area contributed by atoms with Crippen LogP contribution in [0.3, 0.4) is 0 Å². The van der Waals surface area contributed by atoms with Crippen molar-refractivity contribution in [2.24, 2.45) is 0 Å². The van der Waals surface area contributed by atoms with Crippen LogP contribution in [-0.2, 0) is 6.42 Å². The first kappa shape index (κ1) is 17.7. The molecule has 0 spiro atoms. The third-order valence-corrected chi connectivity index (χ3v) is 5.01. The van der Waals surface area contributed by atoms with Gasteiger partial charge in [-0.2, -0.15) is 4.98 Å². The topological polar surface area (TPSA) is 84.1 Å². The van der Waals surface area contributed by atoms with Crippen LogP contribution in [0.5, 0.6) is 5.75 Å². The van der Waals surface area contributed by atoms with E-state index in [0.717, 1.165) is 41.8 Å². The van der Waals surface area contributed by atoms with Crippen LogP contribution in [0.15, 0.2) is 41.1 Å². The van der Waals surface area contributed by atoms with Crippen LogP contribution in [0, 0.1) is 6.92 Å². The lowest BCUT2D eigenvalue weighted by molar-refractivity contribution is 0.382. The van der Waals surface area contributed by atoms with Crippen molar-refractivity contribution in [3.8, 4) is 28.5 Å². The Bertz CT molecular complexity index is 899. The molecule has 140 valence electrons. The van der Waals surface area contributed by atoms with E-state index in [9.17, 15) is 5.11 Å². The first-order chi connectivity index (χ1) is 13.2. The predicted molar refractivity (Wildman–Crippen MR) is 103 cm³/mol. The molecule has 0 radical (unpaired) electrons. The molecule has 3 heterocycles. The van der Waals surface area contributed by atoms with Crippen molar-refractivity contribution in [2.45, 2.75) is 45.1 Å². The van der Waals surface area contributed by atoms with E-state index >= 15 is 0 Å². The largest absolute Gasteiger partial charge is 0.508 e. The maximum Gasteiger partial charge on any atom is 0.259 e. The molecule has 0 bridgehead atoms. The fourth-order valence-corrected chi connectivity index (χ4v) is 3.58. The number of phenols is 1. The normalized spacial score (nSPS) is 17.1. The minimum Gasteiger partial charge on any atom is -0.508 e. The molecule has 1 atom stereocenters. The summed E-state index contributed by atoms with van der Waals surface area (Å²) in [7, 11) is 0. The van der Waals surface area contributed by atoms with Crippen molar-refractivity contribution in [3.63, 3.8) is 0 Å².